The summed E-state index contributed by atoms with van der Waals surface area (Å²) in [5.41, 5.74) is 0.821. The van der Waals surface area contributed by atoms with Gasteiger partial charge in [-0.1, -0.05) is 18.2 Å². The molecule has 0 saturated carbocycles. The van der Waals surface area contributed by atoms with Gasteiger partial charge in [0, 0.05) is 11.3 Å². The van der Waals surface area contributed by atoms with E-state index in [-0.39, 0.29) is 5.91 Å². The van der Waals surface area contributed by atoms with Crippen LogP contribution >= 0.6 is 0 Å². The van der Waals surface area contributed by atoms with Gasteiger partial charge in [-0.15, -0.1) is 0 Å². The molecule has 2 aromatic rings. The van der Waals surface area contributed by atoms with Gasteiger partial charge in [-0.25, -0.2) is 5.06 Å². The van der Waals surface area contributed by atoms with Gasteiger partial charge in [-0.2, -0.15) is 0 Å². The van der Waals surface area contributed by atoms with E-state index < -0.39 is 5.54 Å². The van der Waals surface area contributed by atoms with Crippen LogP contribution < -0.4 is 15.1 Å². The number of nitrogens with zero attached hydrogens (tertiary/aromatic N) is 1. The molecule has 5 heteroatoms. The van der Waals surface area contributed by atoms with E-state index >= 15 is 0 Å². The Morgan fingerprint density at radius 3 is 2.48 bits per heavy atom. The molecule has 0 fully saturated rings. The largest absolute Gasteiger partial charge is 0.497 e. The lowest BCUT2D eigenvalue weighted by Gasteiger charge is -2.33. The second-order valence-corrected chi connectivity index (χ2v) is 5.08. The summed E-state index contributed by atoms with van der Waals surface area (Å²) in [6.45, 7) is 1.69. The average molecular weight is 284 g/mol. The van der Waals surface area contributed by atoms with Crippen molar-refractivity contribution in [1.82, 2.24) is 0 Å². The lowest BCUT2D eigenvalue weighted by Crippen LogP contribution is -2.47. The molecule has 0 spiro atoms. The summed E-state index contributed by atoms with van der Waals surface area (Å²) in [6.07, 6.45) is 0. The van der Waals surface area contributed by atoms with E-state index in [1.54, 1.807) is 38.3 Å². The van der Waals surface area contributed by atoms with Crippen molar-refractivity contribution >= 4 is 17.3 Å². The van der Waals surface area contributed by atoms with Crippen molar-refractivity contribution in [2.24, 2.45) is 0 Å². The van der Waals surface area contributed by atoms with E-state index in [1.807, 2.05) is 24.3 Å². The van der Waals surface area contributed by atoms with E-state index in [9.17, 15) is 10.0 Å². The van der Waals surface area contributed by atoms with Gasteiger partial charge in [0.05, 0.1) is 12.8 Å². The third kappa shape index (κ3) is 1.94. The van der Waals surface area contributed by atoms with Crippen molar-refractivity contribution < 1.29 is 14.7 Å². The van der Waals surface area contributed by atoms with E-state index in [0.717, 1.165) is 16.3 Å². The van der Waals surface area contributed by atoms with Crippen LogP contribution in [0.5, 0.6) is 5.75 Å². The molecule has 21 heavy (non-hydrogen) atoms. The number of benzene rings is 2. The summed E-state index contributed by atoms with van der Waals surface area (Å²) in [7, 11) is 1.58. The molecule has 0 radical (unpaired) electrons. The molecule has 1 heterocycles. The highest BCUT2D eigenvalue weighted by atomic mass is 16.5. The van der Waals surface area contributed by atoms with Gasteiger partial charge in [0.15, 0.2) is 5.54 Å². The van der Waals surface area contributed by atoms with Gasteiger partial charge in [-0.05, 0) is 37.3 Å². The van der Waals surface area contributed by atoms with Gasteiger partial charge in [0.1, 0.15) is 5.75 Å². The molecule has 1 aliphatic heterocycles. The first-order chi connectivity index (χ1) is 10.1. The summed E-state index contributed by atoms with van der Waals surface area (Å²) in [5, 5.41) is 14.4. The number of carbonyl (C=O) groups is 1. The van der Waals surface area contributed by atoms with Crippen molar-refractivity contribution in [2.75, 3.05) is 17.5 Å². The lowest BCUT2D eigenvalue weighted by molar-refractivity contribution is -0.122. The molecule has 0 aromatic heterocycles. The molecule has 1 atom stereocenters. The SMILES string of the molecule is COc1ccc(N(O)[C@@]2(C)C(=O)Nc3ccccc32)cc1. The number of nitrogens with one attached hydrogen (secondary N) is 1. The number of hydrogen-bond acceptors (Lipinski definition) is 4. The first kappa shape index (κ1) is 13.5. The van der Waals surface area contributed by atoms with Gasteiger partial charge >= 0.3 is 0 Å². The smallest absolute Gasteiger partial charge is 0.257 e. The third-order valence-corrected chi connectivity index (χ3v) is 3.88. The van der Waals surface area contributed by atoms with Crippen LogP contribution in [0.1, 0.15) is 12.5 Å². The maximum absolute atomic E-state index is 12.4. The summed E-state index contributed by atoms with van der Waals surface area (Å²) < 4.78 is 5.10. The Morgan fingerprint density at radius 1 is 1.14 bits per heavy atom. The van der Waals surface area contributed by atoms with Gasteiger partial charge in [0.25, 0.3) is 5.91 Å². The Kier molecular flexibility index (Phi) is 3.07. The molecule has 0 aliphatic carbocycles. The number of fused-ring (bicyclic) bond motifs is 1. The number of hydroxylamine groups is 1. The van der Waals surface area contributed by atoms with Crippen molar-refractivity contribution in [1.29, 1.82) is 0 Å². The molecule has 0 bridgehead atoms. The monoisotopic (exact) mass is 284 g/mol. The fraction of sp³-hybridized carbons (Fsp3) is 0.188. The quantitative estimate of drug-likeness (QED) is 0.851. The maximum Gasteiger partial charge on any atom is 0.257 e. The Morgan fingerprint density at radius 2 is 1.81 bits per heavy atom. The van der Waals surface area contributed by atoms with Gasteiger partial charge in [0.2, 0.25) is 0 Å². The number of methoxy groups -OCH3 is 1. The molecule has 2 aromatic carbocycles. The molecular formula is C16H16N2O3. The van der Waals surface area contributed by atoms with Crippen molar-refractivity contribution in [3.63, 3.8) is 0 Å². The second-order valence-electron chi connectivity index (χ2n) is 5.08. The highest BCUT2D eigenvalue weighted by Crippen LogP contribution is 2.41. The predicted octanol–water partition coefficient (Wildman–Crippen LogP) is 2.76. The first-order valence-corrected chi connectivity index (χ1v) is 6.61. The van der Waals surface area contributed by atoms with Crippen LogP contribution in [-0.2, 0) is 10.3 Å². The fourth-order valence-electron chi connectivity index (χ4n) is 2.57. The lowest BCUT2D eigenvalue weighted by atomic mass is 9.92. The zero-order chi connectivity index (χ0) is 15.0. The van der Waals surface area contributed by atoms with Crippen molar-refractivity contribution in [3.05, 3.63) is 54.1 Å². The van der Waals surface area contributed by atoms with Gasteiger partial charge in [-0.3, -0.25) is 10.0 Å². The fourth-order valence-corrected chi connectivity index (χ4v) is 2.57. The number of rotatable bonds is 3. The number of anilines is 2. The zero-order valence-electron chi connectivity index (χ0n) is 11.8. The van der Waals surface area contributed by atoms with Crippen LogP contribution in [0.2, 0.25) is 0 Å². The van der Waals surface area contributed by atoms with Crippen LogP contribution in [0.15, 0.2) is 48.5 Å². The number of hydrogen-bond donors (Lipinski definition) is 2. The molecule has 2 N–H and O–H groups in total. The summed E-state index contributed by atoms with van der Waals surface area (Å²) in [4.78, 5) is 12.4. The molecule has 0 saturated heterocycles. The zero-order valence-corrected chi connectivity index (χ0v) is 11.8. The van der Waals surface area contributed by atoms with Crippen molar-refractivity contribution in [2.45, 2.75) is 12.5 Å². The van der Waals surface area contributed by atoms with Crippen molar-refractivity contribution in [3.8, 4) is 5.75 Å². The average Bonchev–Trinajstić information content (AvgIpc) is 2.79. The number of amides is 1. The number of para-hydroxylation sites is 1. The highest BCUT2D eigenvalue weighted by molar-refractivity contribution is 6.07. The van der Waals surface area contributed by atoms with Gasteiger partial charge < -0.3 is 10.1 Å². The standard InChI is InChI=1S/C16H16N2O3/c1-16(13-5-3-4-6-14(13)17-15(16)19)18(20)11-7-9-12(21-2)10-8-11/h3-10,20H,1-2H3,(H,17,19)/t16-/m1/s1. The molecule has 5 nitrogen and oxygen atoms in total. The summed E-state index contributed by atoms with van der Waals surface area (Å²) in [5.74, 6) is 0.426. The first-order valence-electron chi connectivity index (χ1n) is 6.61. The molecular weight excluding hydrogens is 268 g/mol. The highest BCUT2D eigenvalue weighted by Gasteiger charge is 2.47. The summed E-state index contributed by atoms with van der Waals surface area (Å²) in [6, 6.07) is 14.2. The minimum absolute atomic E-state index is 0.262. The van der Waals surface area contributed by atoms with E-state index in [1.165, 1.54) is 0 Å². The second kappa shape index (κ2) is 4.79. The molecule has 108 valence electrons. The van der Waals surface area contributed by atoms with E-state index in [2.05, 4.69) is 5.32 Å². The van der Waals surface area contributed by atoms with Crippen LogP contribution in [-0.4, -0.2) is 18.2 Å². The Hall–Kier alpha value is -2.53. The number of carbonyl (C=O) groups excluding carboxylic acids is 1. The molecule has 0 unspecified atom stereocenters. The molecule has 1 amide bonds. The normalized spacial score (nSPS) is 19.9. The number of ether oxygens (including phenoxy) is 1. The topological polar surface area (TPSA) is 61.8 Å². The predicted molar refractivity (Wildman–Crippen MR) is 79.7 cm³/mol. The van der Waals surface area contributed by atoms with Crippen LogP contribution in [0.25, 0.3) is 0 Å². The third-order valence-electron chi connectivity index (χ3n) is 3.88. The van der Waals surface area contributed by atoms with E-state index in [4.69, 9.17) is 4.74 Å². The molecule has 1 aliphatic rings. The Labute approximate surface area is 122 Å². The Bertz CT molecular complexity index is 684. The van der Waals surface area contributed by atoms with E-state index in [0.29, 0.717) is 11.4 Å². The minimum Gasteiger partial charge on any atom is -0.497 e. The van der Waals surface area contributed by atoms with Crippen LogP contribution in [0.3, 0.4) is 0 Å². The van der Waals surface area contributed by atoms with Crippen LogP contribution in [0, 0.1) is 0 Å². The minimum atomic E-state index is -1.16. The molecule has 3 rings (SSSR count). The van der Waals surface area contributed by atoms with Crippen LogP contribution in [0.4, 0.5) is 11.4 Å². The summed E-state index contributed by atoms with van der Waals surface area (Å²) >= 11 is 0. The maximum atomic E-state index is 12.4. The Balaban J connectivity index is 2.03.